The Hall–Kier alpha value is -1.43. The normalized spacial score (nSPS) is 12.3. The van der Waals surface area contributed by atoms with E-state index < -0.39 is 4.92 Å². The number of nitro benzene ring substituents is 1. The molecule has 98 valence electrons. The van der Waals surface area contributed by atoms with Crippen LogP contribution in [0.4, 0.5) is 11.4 Å². The lowest BCUT2D eigenvalue weighted by Crippen LogP contribution is -2.27. The van der Waals surface area contributed by atoms with Crippen molar-refractivity contribution in [1.29, 1.82) is 0 Å². The number of amides is 1. The quantitative estimate of drug-likeness (QED) is 0.526. The number of alkyl halides is 1. The molecule has 1 atom stereocenters. The van der Waals surface area contributed by atoms with Crippen LogP contribution in [0.3, 0.4) is 0 Å². The molecule has 5 nitrogen and oxygen atoms in total. The van der Waals surface area contributed by atoms with E-state index in [1.807, 2.05) is 13.8 Å². The minimum atomic E-state index is -0.459. The fourth-order valence-electron chi connectivity index (χ4n) is 1.46. The van der Waals surface area contributed by atoms with Gasteiger partial charge in [-0.25, -0.2) is 0 Å². The van der Waals surface area contributed by atoms with Crippen LogP contribution in [0.1, 0.15) is 19.4 Å². The molecule has 18 heavy (non-hydrogen) atoms. The van der Waals surface area contributed by atoms with Crippen LogP contribution < -0.4 is 5.32 Å². The molecule has 0 spiro atoms. The molecule has 1 amide bonds. The summed E-state index contributed by atoms with van der Waals surface area (Å²) in [6, 6.07) is 4.62. The van der Waals surface area contributed by atoms with Gasteiger partial charge < -0.3 is 5.32 Å². The van der Waals surface area contributed by atoms with Crippen molar-refractivity contribution in [1.82, 2.24) is 0 Å². The Labute approximate surface area is 114 Å². The number of nitrogens with one attached hydrogen (secondary N) is 1. The Bertz CT molecular complexity index is 474. The zero-order valence-corrected chi connectivity index (χ0v) is 12.0. The van der Waals surface area contributed by atoms with Gasteiger partial charge in [0.2, 0.25) is 5.91 Å². The van der Waals surface area contributed by atoms with Crippen molar-refractivity contribution in [2.24, 2.45) is 5.92 Å². The van der Waals surface area contributed by atoms with Gasteiger partial charge in [-0.2, -0.15) is 0 Å². The number of carbonyl (C=O) groups excluding carboxylic acids is 1. The maximum atomic E-state index is 11.9. The second kappa shape index (κ2) is 5.95. The number of anilines is 1. The molecule has 1 rings (SSSR count). The number of hydrogen-bond donors (Lipinski definition) is 1. The minimum Gasteiger partial charge on any atom is -0.325 e. The predicted molar refractivity (Wildman–Crippen MR) is 74.0 cm³/mol. The van der Waals surface area contributed by atoms with E-state index in [0.717, 1.165) is 0 Å². The highest BCUT2D eigenvalue weighted by Gasteiger charge is 2.21. The maximum absolute atomic E-state index is 11.9. The summed E-state index contributed by atoms with van der Waals surface area (Å²) >= 11 is 3.29. The monoisotopic (exact) mass is 314 g/mol. The summed E-state index contributed by atoms with van der Waals surface area (Å²) in [5, 5.41) is 13.5. The van der Waals surface area contributed by atoms with Gasteiger partial charge in [0.25, 0.3) is 5.69 Å². The van der Waals surface area contributed by atoms with Crippen LogP contribution in [-0.4, -0.2) is 15.7 Å². The molecule has 0 aliphatic heterocycles. The molecule has 0 bridgehead atoms. The molecule has 6 heteroatoms. The third-order valence-corrected chi connectivity index (χ3v) is 4.07. The first-order valence-corrected chi connectivity index (χ1v) is 6.45. The molecule has 0 saturated carbocycles. The van der Waals surface area contributed by atoms with Crippen molar-refractivity contribution in [3.8, 4) is 0 Å². The summed E-state index contributed by atoms with van der Waals surface area (Å²) in [5.74, 6) is -0.0578. The topological polar surface area (TPSA) is 72.2 Å². The predicted octanol–water partition coefficient (Wildman–Crippen LogP) is 3.26. The zero-order valence-electron chi connectivity index (χ0n) is 10.4. The molecule has 0 aliphatic carbocycles. The van der Waals surface area contributed by atoms with Gasteiger partial charge >= 0.3 is 0 Å². The van der Waals surface area contributed by atoms with Crippen LogP contribution in [0.25, 0.3) is 0 Å². The molecule has 0 fully saturated rings. The van der Waals surface area contributed by atoms with Gasteiger partial charge in [-0.05, 0) is 18.9 Å². The largest absolute Gasteiger partial charge is 0.325 e. The van der Waals surface area contributed by atoms with Gasteiger partial charge in [0.15, 0.2) is 0 Å². The number of carbonyl (C=O) groups is 1. The lowest BCUT2D eigenvalue weighted by Gasteiger charge is -2.15. The van der Waals surface area contributed by atoms with Crippen molar-refractivity contribution in [2.45, 2.75) is 25.6 Å². The van der Waals surface area contributed by atoms with Gasteiger partial charge in [-0.1, -0.05) is 35.8 Å². The number of hydrogen-bond acceptors (Lipinski definition) is 3. The van der Waals surface area contributed by atoms with Crippen LogP contribution >= 0.6 is 15.9 Å². The van der Waals surface area contributed by atoms with E-state index in [1.54, 1.807) is 19.1 Å². The highest BCUT2D eigenvalue weighted by Crippen LogP contribution is 2.26. The molecule has 1 aromatic carbocycles. The van der Waals surface area contributed by atoms with Crippen molar-refractivity contribution in [3.05, 3.63) is 33.9 Å². The van der Waals surface area contributed by atoms with Gasteiger partial charge in [-0.15, -0.1) is 0 Å². The Balaban J connectivity index is 2.96. The maximum Gasteiger partial charge on any atom is 0.274 e. The number of rotatable bonds is 4. The van der Waals surface area contributed by atoms with Crippen LogP contribution in [0.15, 0.2) is 18.2 Å². The third kappa shape index (κ3) is 3.29. The van der Waals surface area contributed by atoms with E-state index in [2.05, 4.69) is 21.2 Å². The number of nitrogens with zero attached hydrogens (tertiary/aromatic N) is 1. The Kier molecular flexibility index (Phi) is 4.84. The van der Waals surface area contributed by atoms with E-state index in [0.29, 0.717) is 11.3 Å². The van der Waals surface area contributed by atoms with E-state index >= 15 is 0 Å². The van der Waals surface area contributed by atoms with E-state index in [-0.39, 0.29) is 22.3 Å². The summed E-state index contributed by atoms with van der Waals surface area (Å²) in [7, 11) is 0. The molecule has 0 saturated heterocycles. The zero-order chi connectivity index (χ0) is 13.9. The summed E-state index contributed by atoms with van der Waals surface area (Å²) in [4.78, 5) is 21.9. The average Bonchev–Trinajstić information content (AvgIpc) is 2.30. The van der Waals surface area contributed by atoms with Crippen LogP contribution in [0.5, 0.6) is 0 Å². The smallest absolute Gasteiger partial charge is 0.274 e. The molecule has 0 heterocycles. The van der Waals surface area contributed by atoms with Crippen molar-refractivity contribution >= 4 is 33.2 Å². The summed E-state index contributed by atoms with van der Waals surface area (Å²) in [5.41, 5.74) is 0.932. The van der Waals surface area contributed by atoms with E-state index in [9.17, 15) is 14.9 Å². The highest BCUT2D eigenvalue weighted by molar-refractivity contribution is 9.10. The first-order valence-electron chi connectivity index (χ1n) is 5.53. The molecule has 0 aliphatic rings. The van der Waals surface area contributed by atoms with E-state index in [4.69, 9.17) is 0 Å². The first kappa shape index (κ1) is 14.6. The van der Waals surface area contributed by atoms with Gasteiger partial charge in [-0.3, -0.25) is 14.9 Å². The SMILES string of the molecule is Cc1c(NC(=O)C(Br)C(C)C)cccc1[N+](=O)[O-]. The Morgan fingerprint density at radius 2 is 2.06 bits per heavy atom. The number of halogens is 1. The summed E-state index contributed by atoms with van der Waals surface area (Å²) < 4.78 is 0. The second-order valence-corrected chi connectivity index (χ2v) is 5.33. The highest BCUT2D eigenvalue weighted by atomic mass is 79.9. The molecule has 0 aromatic heterocycles. The number of benzene rings is 1. The Morgan fingerprint density at radius 3 is 2.56 bits per heavy atom. The lowest BCUT2D eigenvalue weighted by molar-refractivity contribution is -0.385. The lowest BCUT2D eigenvalue weighted by atomic mass is 10.1. The molecular formula is C12H15BrN2O3. The fourth-order valence-corrected chi connectivity index (χ4v) is 1.58. The molecule has 1 unspecified atom stereocenters. The van der Waals surface area contributed by atoms with Crippen LogP contribution in [0, 0.1) is 23.0 Å². The standard InChI is InChI=1S/C12H15BrN2O3/c1-7(2)11(13)12(16)14-9-5-4-6-10(8(9)3)15(17)18/h4-7,11H,1-3H3,(H,14,16). The van der Waals surface area contributed by atoms with Crippen LogP contribution in [-0.2, 0) is 4.79 Å². The Morgan fingerprint density at radius 1 is 1.44 bits per heavy atom. The molecular weight excluding hydrogens is 300 g/mol. The van der Waals surface area contributed by atoms with E-state index in [1.165, 1.54) is 6.07 Å². The third-order valence-electron chi connectivity index (χ3n) is 2.60. The molecule has 1 N–H and O–H groups in total. The van der Waals surface area contributed by atoms with Crippen molar-refractivity contribution < 1.29 is 9.72 Å². The first-order chi connectivity index (χ1) is 8.34. The van der Waals surface area contributed by atoms with Crippen molar-refractivity contribution in [2.75, 3.05) is 5.32 Å². The van der Waals surface area contributed by atoms with Crippen LogP contribution in [0.2, 0.25) is 0 Å². The second-order valence-electron chi connectivity index (χ2n) is 4.34. The van der Waals surface area contributed by atoms with Gasteiger partial charge in [0.1, 0.15) is 0 Å². The minimum absolute atomic E-state index is 0.00321. The molecule has 1 aromatic rings. The molecule has 0 radical (unpaired) electrons. The number of nitro groups is 1. The van der Waals surface area contributed by atoms with Gasteiger partial charge in [0.05, 0.1) is 21.0 Å². The van der Waals surface area contributed by atoms with Gasteiger partial charge in [0, 0.05) is 6.07 Å². The average molecular weight is 315 g/mol. The summed E-state index contributed by atoms with van der Waals surface area (Å²) in [6.45, 7) is 5.45. The summed E-state index contributed by atoms with van der Waals surface area (Å²) in [6.07, 6.45) is 0. The van der Waals surface area contributed by atoms with Crippen molar-refractivity contribution in [3.63, 3.8) is 0 Å². The fraction of sp³-hybridized carbons (Fsp3) is 0.417.